The van der Waals surface area contributed by atoms with Gasteiger partial charge in [-0.25, -0.2) is 0 Å². The molecule has 0 saturated heterocycles. The van der Waals surface area contributed by atoms with Crippen LogP contribution in [-0.2, 0) is 0 Å². The summed E-state index contributed by atoms with van der Waals surface area (Å²) in [4.78, 5) is 0. The summed E-state index contributed by atoms with van der Waals surface area (Å²) in [7, 11) is 0. The van der Waals surface area contributed by atoms with E-state index in [1.165, 1.54) is 24.8 Å². The van der Waals surface area contributed by atoms with E-state index in [0.717, 1.165) is 18.9 Å². The Balaban J connectivity index is 2.37. The highest BCUT2D eigenvalue weighted by molar-refractivity contribution is 5.26. The van der Waals surface area contributed by atoms with Crippen LogP contribution < -0.4 is 10.1 Å². The van der Waals surface area contributed by atoms with Crippen molar-refractivity contribution in [3.8, 4) is 5.75 Å². The maximum Gasteiger partial charge on any atom is 0.119 e. The first-order chi connectivity index (χ1) is 8.26. The molecule has 0 aliphatic heterocycles. The van der Waals surface area contributed by atoms with E-state index in [4.69, 9.17) is 4.74 Å². The molecule has 1 aromatic rings. The summed E-state index contributed by atoms with van der Waals surface area (Å²) in [6.45, 7) is 8.33. The van der Waals surface area contributed by atoms with Crippen LogP contribution in [0.3, 0.4) is 0 Å². The van der Waals surface area contributed by atoms with E-state index >= 15 is 0 Å². The fourth-order valence-electron chi connectivity index (χ4n) is 1.77. The molecule has 0 aliphatic rings. The zero-order chi connectivity index (χ0) is 12.5. The number of hydrogen-bond donors (Lipinski definition) is 1. The Kier molecular flexibility index (Phi) is 6.71. The summed E-state index contributed by atoms with van der Waals surface area (Å²) in [5.41, 5.74) is 1.27. The van der Waals surface area contributed by atoms with Crippen molar-refractivity contribution in [1.82, 2.24) is 5.32 Å². The number of ether oxygens (including phenoxy) is 1. The maximum absolute atomic E-state index is 5.81. The second-order valence-corrected chi connectivity index (χ2v) is 4.56. The molecule has 0 spiro atoms. The second-order valence-electron chi connectivity index (χ2n) is 4.56. The van der Waals surface area contributed by atoms with E-state index in [9.17, 15) is 0 Å². The minimum atomic E-state index is 0.473. The van der Waals surface area contributed by atoms with Gasteiger partial charge in [0.1, 0.15) is 12.4 Å². The van der Waals surface area contributed by atoms with Crippen LogP contribution in [0.1, 0.15) is 38.7 Å². The van der Waals surface area contributed by atoms with Gasteiger partial charge in [-0.2, -0.15) is 0 Å². The maximum atomic E-state index is 5.81. The topological polar surface area (TPSA) is 21.3 Å². The lowest BCUT2D eigenvalue weighted by atomic mass is 10.2. The molecule has 2 nitrogen and oxygen atoms in total. The monoisotopic (exact) mass is 235 g/mol. The number of benzene rings is 1. The highest BCUT2D eigenvalue weighted by Crippen LogP contribution is 2.12. The summed E-state index contributed by atoms with van der Waals surface area (Å²) in [6.07, 6.45) is 3.54. The van der Waals surface area contributed by atoms with Crippen molar-refractivity contribution in [2.45, 2.75) is 46.1 Å². The molecular weight excluding hydrogens is 210 g/mol. The number of aryl methyl sites for hydroxylation is 1. The van der Waals surface area contributed by atoms with Crippen LogP contribution in [0.2, 0.25) is 0 Å². The molecule has 0 aliphatic carbocycles. The first-order valence-electron chi connectivity index (χ1n) is 6.69. The van der Waals surface area contributed by atoms with Crippen molar-refractivity contribution in [1.29, 1.82) is 0 Å². The van der Waals surface area contributed by atoms with Gasteiger partial charge in [0.2, 0.25) is 0 Å². The number of hydrogen-bond acceptors (Lipinski definition) is 2. The molecule has 0 bridgehead atoms. The molecule has 1 atom stereocenters. The molecule has 0 saturated carbocycles. The van der Waals surface area contributed by atoms with E-state index in [-0.39, 0.29) is 0 Å². The van der Waals surface area contributed by atoms with Crippen molar-refractivity contribution in [3.63, 3.8) is 0 Å². The highest BCUT2D eigenvalue weighted by Gasteiger charge is 2.07. The van der Waals surface area contributed by atoms with E-state index in [1.807, 2.05) is 12.1 Å². The van der Waals surface area contributed by atoms with Crippen LogP contribution in [0.25, 0.3) is 0 Å². The molecule has 0 radical (unpaired) electrons. The van der Waals surface area contributed by atoms with Gasteiger partial charge in [0.05, 0.1) is 0 Å². The summed E-state index contributed by atoms with van der Waals surface area (Å²) in [5.74, 6) is 0.968. The SMILES string of the molecule is CCCNC(CCC)COc1ccc(C)cc1. The van der Waals surface area contributed by atoms with E-state index in [1.54, 1.807) is 0 Å². The minimum absolute atomic E-state index is 0.473. The molecule has 1 rings (SSSR count). The zero-order valence-electron chi connectivity index (χ0n) is 11.3. The van der Waals surface area contributed by atoms with E-state index in [2.05, 4.69) is 38.2 Å². The van der Waals surface area contributed by atoms with Crippen LogP contribution in [0, 0.1) is 6.92 Å². The smallest absolute Gasteiger partial charge is 0.119 e. The Morgan fingerprint density at radius 1 is 1.12 bits per heavy atom. The lowest BCUT2D eigenvalue weighted by Gasteiger charge is -2.18. The molecule has 17 heavy (non-hydrogen) atoms. The molecule has 0 heterocycles. The molecule has 1 unspecified atom stereocenters. The first-order valence-corrected chi connectivity index (χ1v) is 6.69. The van der Waals surface area contributed by atoms with Gasteiger partial charge in [0, 0.05) is 6.04 Å². The molecule has 1 aromatic carbocycles. The largest absolute Gasteiger partial charge is 0.492 e. The van der Waals surface area contributed by atoms with Crippen LogP contribution >= 0.6 is 0 Å². The molecule has 96 valence electrons. The summed E-state index contributed by atoms with van der Waals surface area (Å²) < 4.78 is 5.81. The number of nitrogens with one attached hydrogen (secondary N) is 1. The highest BCUT2D eigenvalue weighted by atomic mass is 16.5. The fraction of sp³-hybridized carbons (Fsp3) is 0.600. The molecule has 2 heteroatoms. The van der Waals surface area contributed by atoms with Gasteiger partial charge < -0.3 is 10.1 Å². The third kappa shape index (κ3) is 5.73. The fourth-order valence-corrected chi connectivity index (χ4v) is 1.77. The lowest BCUT2D eigenvalue weighted by Crippen LogP contribution is -2.35. The van der Waals surface area contributed by atoms with Crippen LogP contribution in [-0.4, -0.2) is 19.2 Å². The number of rotatable bonds is 8. The Bertz CT molecular complexity index is 294. The molecule has 0 amide bonds. The summed E-state index contributed by atoms with van der Waals surface area (Å²) in [6, 6.07) is 8.73. The predicted molar refractivity (Wildman–Crippen MR) is 73.7 cm³/mol. The predicted octanol–water partition coefficient (Wildman–Crippen LogP) is 3.54. The van der Waals surface area contributed by atoms with Crippen molar-refractivity contribution in [2.24, 2.45) is 0 Å². The Morgan fingerprint density at radius 2 is 1.82 bits per heavy atom. The van der Waals surface area contributed by atoms with Crippen LogP contribution in [0.4, 0.5) is 0 Å². The first kappa shape index (κ1) is 14.0. The van der Waals surface area contributed by atoms with E-state index in [0.29, 0.717) is 6.04 Å². The Hall–Kier alpha value is -1.02. The normalized spacial score (nSPS) is 12.4. The van der Waals surface area contributed by atoms with Gasteiger partial charge in [-0.15, -0.1) is 0 Å². The van der Waals surface area contributed by atoms with Gasteiger partial charge in [-0.1, -0.05) is 38.0 Å². The average molecular weight is 235 g/mol. The van der Waals surface area contributed by atoms with Gasteiger partial charge in [-0.05, 0) is 38.4 Å². The van der Waals surface area contributed by atoms with E-state index < -0.39 is 0 Å². The molecule has 0 fully saturated rings. The third-order valence-electron chi connectivity index (χ3n) is 2.79. The van der Waals surface area contributed by atoms with Gasteiger partial charge >= 0.3 is 0 Å². The quantitative estimate of drug-likeness (QED) is 0.744. The molecule has 0 aromatic heterocycles. The van der Waals surface area contributed by atoms with Crippen molar-refractivity contribution in [2.75, 3.05) is 13.2 Å². The second kappa shape index (κ2) is 8.13. The molecule has 1 N–H and O–H groups in total. The van der Waals surface area contributed by atoms with Crippen molar-refractivity contribution < 1.29 is 4.74 Å². The Morgan fingerprint density at radius 3 is 2.41 bits per heavy atom. The summed E-state index contributed by atoms with van der Waals surface area (Å²) >= 11 is 0. The zero-order valence-corrected chi connectivity index (χ0v) is 11.3. The van der Waals surface area contributed by atoms with Gasteiger partial charge in [-0.3, -0.25) is 0 Å². The minimum Gasteiger partial charge on any atom is -0.492 e. The summed E-state index contributed by atoms with van der Waals surface area (Å²) in [5, 5.41) is 3.53. The van der Waals surface area contributed by atoms with Gasteiger partial charge in [0.25, 0.3) is 0 Å². The van der Waals surface area contributed by atoms with Gasteiger partial charge in [0.15, 0.2) is 0 Å². The van der Waals surface area contributed by atoms with Crippen LogP contribution in [0.15, 0.2) is 24.3 Å². The Labute approximate surface area is 105 Å². The van der Waals surface area contributed by atoms with Crippen molar-refractivity contribution in [3.05, 3.63) is 29.8 Å². The average Bonchev–Trinajstić information content (AvgIpc) is 2.35. The van der Waals surface area contributed by atoms with Crippen LogP contribution in [0.5, 0.6) is 5.75 Å². The lowest BCUT2D eigenvalue weighted by molar-refractivity contribution is 0.256. The third-order valence-corrected chi connectivity index (χ3v) is 2.79. The van der Waals surface area contributed by atoms with Crippen molar-refractivity contribution >= 4 is 0 Å². The molecular formula is C15H25NO. The standard InChI is InChI=1S/C15H25NO/c1-4-6-14(16-11-5-2)12-17-15-9-7-13(3)8-10-15/h7-10,14,16H,4-6,11-12H2,1-3H3.